The second-order valence-corrected chi connectivity index (χ2v) is 4.80. The molecule has 23 heavy (non-hydrogen) atoms. The molecule has 0 bridgehead atoms. The SMILES string of the molecule is C[C@H](Oc1ccc(C(F)(F)F)cc1)C(=O)N[C@H](C)c1ncon1. The van der Waals surface area contributed by atoms with Crippen molar-refractivity contribution in [3.05, 3.63) is 42.0 Å². The van der Waals surface area contributed by atoms with Crippen molar-refractivity contribution in [2.45, 2.75) is 32.2 Å². The minimum Gasteiger partial charge on any atom is -0.481 e. The van der Waals surface area contributed by atoms with Crippen LogP contribution in [0.3, 0.4) is 0 Å². The molecule has 1 aromatic heterocycles. The third kappa shape index (κ3) is 4.44. The van der Waals surface area contributed by atoms with Crippen LogP contribution < -0.4 is 10.1 Å². The third-order valence-electron chi connectivity index (χ3n) is 2.99. The second-order valence-electron chi connectivity index (χ2n) is 4.80. The number of alkyl halides is 3. The average molecular weight is 329 g/mol. The number of carbonyl (C=O) groups is 1. The minimum absolute atomic E-state index is 0.160. The summed E-state index contributed by atoms with van der Waals surface area (Å²) < 4.78 is 47.3. The number of carbonyl (C=O) groups excluding carboxylic acids is 1. The Balaban J connectivity index is 1.93. The first-order valence-electron chi connectivity index (χ1n) is 6.68. The molecule has 0 spiro atoms. The van der Waals surface area contributed by atoms with Crippen LogP contribution in [0, 0.1) is 0 Å². The fraction of sp³-hybridized carbons (Fsp3) is 0.357. The summed E-state index contributed by atoms with van der Waals surface area (Å²) in [5.41, 5.74) is -0.785. The van der Waals surface area contributed by atoms with Gasteiger partial charge in [0.15, 0.2) is 11.9 Å². The van der Waals surface area contributed by atoms with E-state index < -0.39 is 29.8 Å². The molecule has 2 atom stereocenters. The molecule has 0 fully saturated rings. The van der Waals surface area contributed by atoms with Crippen LogP contribution in [0.5, 0.6) is 5.75 Å². The van der Waals surface area contributed by atoms with Crippen molar-refractivity contribution in [1.82, 2.24) is 15.5 Å². The smallest absolute Gasteiger partial charge is 0.416 e. The summed E-state index contributed by atoms with van der Waals surface area (Å²) in [6.45, 7) is 3.14. The zero-order valence-electron chi connectivity index (χ0n) is 12.3. The molecule has 2 rings (SSSR count). The molecule has 1 N–H and O–H groups in total. The van der Waals surface area contributed by atoms with Gasteiger partial charge in [-0.2, -0.15) is 18.2 Å². The number of rotatable bonds is 5. The first-order valence-corrected chi connectivity index (χ1v) is 6.68. The quantitative estimate of drug-likeness (QED) is 0.913. The molecule has 0 aliphatic carbocycles. The number of aromatic nitrogens is 2. The topological polar surface area (TPSA) is 77.2 Å². The van der Waals surface area contributed by atoms with Crippen molar-refractivity contribution < 1.29 is 27.2 Å². The van der Waals surface area contributed by atoms with Crippen molar-refractivity contribution in [3.63, 3.8) is 0 Å². The van der Waals surface area contributed by atoms with Crippen LogP contribution in [0.2, 0.25) is 0 Å². The number of halogens is 3. The van der Waals surface area contributed by atoms with Gasteiger partial charge in [0.05, 0.1) is 11.6 Å². The Morgan fingerprint density at radius 3 is 2.43 bits per heavy atom. The summed E-state index contributed by atoms with van der Waals surface area (Å²) in [4.78, 5) is 15.8. The molecule has 1 heterocycles. The Morgan fingerprint density at radius 1 is 1.26 bits per heavy atom. The van der Waals surface area contributed by atoms with Crippen LogP contribution in [-0.2, 0) is 11.0 Å². The molecule has 0 aliphatic heterocycles. The van der Waals surface area contributed by atoms with Crippen molar-refractivity contribution in [1.29, 1.82) is 0 Å². The lowest BCUT2D eigenvalue weighted by atomic mass is 10.2. The molecule has 6 nitrogen and oxygen atoms in total. The van der Waals surface area contributed by atoms with Gasteiger partial charge in [-0.05, 0) is 38.1 Å². The molecule has 0 saturated heterocycles. The molecule has 0 aliphatic rings. The van der Waals surface area contributed by atoms with Crippen molar-refractivity contribution in [2.75, 3.05) is 0 Å². The normalized spacial score (nSPS) is 14.1. The predicted molar refractivity (Wildman–Crippen MR) is 72.4 cm³/mol. The molecule has 9 heteroatoms. The number of ether oxygens (including phenoxy) is 1. The van der Waals surface area contributed by atoms with E-state index >= 15 is 0 Å². The molecule has 124 valence electrons. The van der Waals surface area contributed by atoms with Crippen molar-refractivity contribution >= 4 is 5.91 Å². The Hall–Kier alpha value is -2.58. The Morgan fingerprint density at radius 2 is 1.91 bits per heavy atom. The Bertz CT molecular complexity index is 642. The van der Waals surface area contributed by atoms with E-state index in [9.17, 15) is 18.0 Å². The maximum absolute atomic E-state index is 12.5. The number of nitrogens with zero attached hydrogens (tertiary/aromatic N) is 2. The van der Waals surface area contributed by atoms with Gasteiger partial charge >= 0.3 is 6.18 Å². The van der Waals surface area contributed by atoms with Gasteiger partial charge in [0.1, 0.15) is 5.75 Å². The molecule has 2 aromatic rings. The fourth-order valence-electron chi connectivity index (χ4n) is 1.74. The summed E-state index contributed by atoms with van der Waals surface area (Å²) in [5.74, 6) is 0.00939. The molecule has 1 aromatic carbocycles. The number of hydrogen-bond acceptors (Lipinski definition) is 5. The van der Waals surface area contributed by atoms with E-state index in [-0.39, 0.29) is 5.75 Å². The molecular formula is C14H14F3N3O3. The summed E-state index contributed by atoms with van der Waals surface area (Å²) in [6.07, 6.45) is -4.18. The Kier molecular flexibility index (Phi) is 4.87. The van der Waals surface area contributed by atoms with E-state index in [0.717, 1.165) is 30.7 Å². The lowest BCUT2D eigenvalue weighted by Gasteiger charge is -2.17. The first-order chi connectivity index (χ1) is 10.8. The van der Waals surface area contributed by atoms with E-state index in [4.69, 9.17) is 4.74 Å². The van der Waals surface area contributed by atoms with Crippen LogP contribution in [0.15, 0.2) is 35.2 Å². The lowest BCUT2D eigenvalue weighted by Crippen LogP contribution is -2.38. The summed E-state index contributed by atoms with van der Waals surface area (Å²) in [7, 11) is 0. The van der Waals surface area contributed by atoms with Gasteiger partial charge < -0.3 is 14.6 Å². The summed E-state index contributed by atoms with van der Waals surface area (Å²) in [5, 5.41) is 6.21. The largest absolute Gasteiger partial charge is 0.481 e. The van der Waals surface area contributed by atoms with Crippen LogP contribution >= 0.6 is 0 Å². The molecule has 0 unspecified atom stereocenters. The lowest BCUT2D eigenvalue weighted by molar-refractivity contribution is -0.137. The van der Waals surface area contributed by atoms with Crippen molar-refractivity contribution in [3.8, 4) is 5.75 Å². The number of hydrogen-bond donors (Lipinski definition) is 1. The summed E-state index contributed by atoms with van der Waals surface area (Å²) in [6, 6.07) is 3.62. The standard InChI is InChI=1S/C14H14F3N3O3/c1-8(12-18-7-22-20-12)19-13(21)9(2)23-11-5-3-10(4-6-11)14(15,16)17/h3-9H,1-2H3,(H,19,21)/t8-,9+/m1/s1. The van der Waals surface area contributed by atoms with Crippen molar-refractivity contribution in [2.24, 2.45) is 0 Å². The van der Waals surface area contributed by atoms with Crippen LogP contribution in [0.1, 0.15) is 31.3 Å². The van der Waals surface area contributed by atoms with Gasteiger partial charge in [-0.25, -0.2) is 0 Å². The monoisotopic (exact) mass is 329 g/mol. The average Bonchev–Trinajstić information content (AvgIpc) is 3.01. The van der Waals surface area contributed by atoms with E-state index in [1.165, 1.54) is 6.92 Å². The van der Waals surface area contributed by atoms with E-state index in [2.05, 4.69) is 20.0 Å². The number of benzene rings is 1. The zero-order chi connectivity index (χ0) is 17.0. The van der Waals surface area contributed by atoms with Crippen LogP contribution in [-0.4, -0.2) is 22.2 Å². The maximum atomic E-state index is 12.5. The van der Waals surface area contributed by atoms with E-state index in [1.54, 1.807) is 6.92 Å². The fourth-order valence-corrected chi connectivity index (χ4v) is 1.74. The molecular weight excluding hydrogens is 315 g/mol. The first kappa shape index (κ1) is 16.8. The van der Waals surface area contributed by atoms with E-state index in [0.29, 0.717) is 5.82 Å². The van der Waals surface area contributed by atoms with Gasteiger partial charge in [0, 0.05) is 0 Å². The maximum Gasteiger partial charge on any atom is 0.416 e. The highest BCUT2D eigenvalue weighted by atomic mass is 19.4. The highest BCUT2D eigenvalue weighted by molar-refractivity contribution is 5.81. The predicted octanol–water partition coefficient (Wildman–Crippen LogP) is 2.73. The van der Waals surface area contributed by atoms with E-state index in [1.807, 2.05) is 0 Å². The molecule has 0 radical (unpaired) electrons. The van der Waals surface area contributed by atoms with Gasteiger partial charge in [-0.1, -0.05) is 5.16 Å². The zero-order valence-corrected chi connectivity index (χ0v) is 12.3. The second kappa shape index (κ2) is 6.67. The van der Waals surface area contributed by atoms with Crippen LogP contribution in [0.4, 0.5) is 13.2 Å². The minimum atomic E-state index is -4.42. The third-order valence-corrected chi connectivity index (χ3v) is 2.99. The van der Waals surface area contributed by atoms with Gasteiger partial charge in [-0.3, -0.25) is 4.79 Å². The highest BCUT2D eigenvalue weighted by Crippen LogP contribution is 2.30. The van der Waals surface area contributed by atoms with Crippen LogP contribution in [0.25, 0.3) is 0 Å². The van der Waals surface area contributed by atoms with Gasteiger partial charge in [0.2, 0.25) is 6.39 Å². The number of amides is 1. The number of nitrogens with one attached hydrogen (secondary N) is 1. The van der Waals surface area contributed by atoms with Gasteiger partial charge in [-0.15, -0.1) is 0 Å². The highest BCUT2D eigenvalue weighted by Gasteiger charge is 2.30. The molecule has 1 amide bonds. The summed E-state index contributed by atoms with van der Waals surface area (Å²) >= 11 is 0. The van der Waals surface area contributed by atoms with Gasteiger partial charge in [0.25, 0.3) is 5.91 Å². The molecule has 0 saturated carbocycles. The Labute approximate surface area is 129 Å².